The minimum absolute atomic E-state index is 0.191. The van der Waals surface area contributed by atoms with E-state index in [-0.39, 0.29) is 23.3 Å². The molecule has 1 aliphatic rings. The number of amides is 3. The summed E-state index contributed by atoms with van der Waals surface area (Å²) in [6, 6.07) is 14.6. The number of carbonyl (C=O) groups is 3. The first-order valence-corrected chi connectivity index (χ1v) is 8.52. The molecule has 2 N–H and O–H groups in total. The van der Waals surface area contributed by atoms with E-state index in [1.54, 1.807) is 17.0 Å². The highest BCUT2D eigenvalue weighted by Crippen LogP contribution is 2.23. The monoisotopic (exact) mass is 351 g/mol. The van der Waals surface area contributed by atoms with E-state index in [4.69, 9.17) is 5.73 Å². The molecule has 134 valence electrons. The quantitative estimate of drug-likeness (QED) is 0.801. The minimum atomic E-state index is -0.380. The first-order valence-electron chi connectivity index (χ1n) is 8.52. The van der Waals surface area contributed by atoms with Crippen LogP contribution in [0.3, 0.4) is 0 Å². The first-order chi connectivity index (χ1) is 12.5. The van der Waals surface area contributed by atoms with Gasteiger partial charge >= 0.3 is 0 Å². The van der Waals surface area contributed by atoms with E-state index in [0.717, 1.165) is 16.9 Å². The Morgan fingerprint density at radius 2 is 1.69 bits per heavy atom. The second kappa shape index (κ2) is 7.49. The molecule has 3 amide bonds. The second-order valence-electron chi connectivity index (χ2n) is 6.25. The maximum atomic E-state index is 12.9. The van der Waals surface area contributed by atoms with E-state index in [1.807, 2.05) is 30.3 Å². The molecule has 1 heterocycles. The largest absolute Gasteiger partial charge is 0.337 e. The van der Waals surface area contributed by atoms with Crippen molar-refractivity contribution in [2.24, 2.45) is 5.73 Å². The molecular weight excluding hydrogens is 330 g/mol. The van der Waals surface area contributed by atoms with Gasteiger partial charge in [0.15, 0.2) is 0 Å². The summed E-state index contributed by atoms with van der Waals surface area (Å²) < 4.78 is 0. The summed E-state index contributed by atoms with van der Waals surface area (Å²) in [6.07, 6.45) is 0.720. The number of nitrogens with zero attached hydrogens (tertiary/aromatic N) is 2. The Morgan fingerprint density at radius 3 is 2.38 bits per heavy atom. The summed E-state index contributed by atoms with van der Waals surface area (Å²) in [4.78, 5) is 39.8. The lowest BCUT2D eigenvalue weighted by molar-refractivity contribution is 0.0692. The summed E-state index contributed by atoms with van der Waals surface area (Å²) in [7, 11) is 1.44. The standard InChI is InChI=1S/C20H21N3O3/c1-22-19(25)16-8-7-15(13-17(16)20(22)26)18(24)23(12-10-21)11-9-14-5-3-2-4-6-14/h2-8,13H,9-12,21H2,1H3. The molecule has 0 radical (unpaired) electrons. The summed E-state index contributed by atoms with van der Waals surface area (Å²) in [5.74, 6) is -0.912. The van der Waals surface area contributed by atoms with Crippen molar-refractivity contribution in [2.75, 3.05) is 26.7 Å². The van der Waals surface area contributed by atoms with Gasteiger partial charge in [0.2, 0.25) is 0 Å². The SMILES string of the molecule is CN1C(=O)c2ccc(C(=O)N(CCN)CCc3ccccc3)cc2C1=O. The fourth-order valence-electron chi connectivity index (χ4n) is 3.06. The number of fused-ring (bicyclic) bond motifs is 1. The lowest BCUT2D eigenvalue weighted by atomic mass is 10.0. The van der Waals surface area contributed by atoms with Gasteiger partial charge in [-0.15, -0.1) is 0 Å². The maximum Gasteiger partial charge on any atom is 0.261 e. The summed E-state index contributed by atoms with van der Waals surface area (Å²) in [5.41, 5.74) is 7.81. The third kappa shape index (κ3) is 3.36. The van der Waals surface area contributed by atoms with Gasteiger partial charge < -0.3 is 10.6 Å². The van der Waals surface area contributed by atoms with Crippen LogP contribution in [0.25, 0.3) is 0 Å². The smallest absolute Gasteiger partial charge is 0.261 e. The van der Waals surface area contributed by atoms with Crippen molar-refractivity contribution < 1.29 is 14.4 Å². The minimum Gasteiger partial charge on any atom is -0.337 e. The maximum absolute atomic E-state index is 12.9. The molecule has 1 aliphatic heterocycles. The number of nitrogens with two attached hydrogens (primary N) is 1. The van der Waals surface area contributed by atoms with E-state index in [9.17, 15) is 14.4 Å². The molecule has 2 aromatic rings. The Balaban J connectivity index is 1.79. The topological polar surface area (TPSA) is 83.7 Å². The van der Waals surface area contributed by atoms with Crippen LogP contribution in [0.5, 0.6) is 0 Å². The van der Waals surface area contributed by atoms with Crippen LogP contribution in [0.2, 0.25) is 0 Å². The molecule has 6 heteroatoms. The number of rotatable bonds is 6. The van der Waals surface area contributed by atoms with Crippen LogP contribution >= 0.6 is 0 Å². The number of hydrogen-bond donors (Lipinski definition) is 1. The molecule has 0 spiro atoms. The molecule has 0 aliphatic carbocycles. The van der Waals surface area contributed by atoms with Crippen LogP contribution < -0.4 is 5.73 Å². The molecule has 0 bridgehead atoms. The van der Waals surface area contributed by atoms with Crippen molar-refractivity contribution >= 4 is 17.7 Å². The molecule has 0 fully saturated rings. The summed E-state index contributed by atoms with van der Waals surface area (Å²) in [5, 5.41) is 0. The van der Waals surface area contributed by atoms with Gasteiger partial charge in [0, 0.05) is 32.2 Å². The molecule has 6 nitrogen and oxygen atoms in total. The highest BCUT2D eigenvalue weighted by Gasteiger charge is 2.33. The zero-order chi connectivity index (χ0) is 18.7. The molecular formula is C20H21N3O3. The van der Waals surface area contributed by atoms with Gasteiger partial charge in [-0.2, -0.15) is 0 Å². The first kappa shape index (κ1) is 17.8. The predicted octanol–water partition coefficient (Wildman–Crippen LogP) is 1.56. The second-order valence-corrected chi connectivity index (χ2v) is 6.25. The fraction of sp³-hybridized carbons (Fsp3) is 0.250. The van der Waals surface area contributed by atoms with Crippen LogP contribution in [0.4, 0.5) is 0 Å². The number of carbonyl (C=O) groups excluding carboxylic acids is 3. The highest BCUT2D eigenvalue weighted by atomic mass is 16.2. The van der Waals surface area contributed by atoms with Crippen LogP contribution in [-0.4, -0.2) is 54.2 Å². The van der Waals surface area contributed by atoms with Crippen molar-refractivity contribution in [3.63, 3.8) is 0 Å². The van der Waals surface area contributed by atoms with Crippen LogP contribution in [0.15, 0.2) is 48.5 Å². The summed E-state index contributed by atoms with van der Waals surface area (Å²) in [6.45, 7) is 1.31. The predicted molar refractivity (Wildman–Crippen MR) is 98.0 cm³/mol. The van der Waals surface area contributed by atoms with Gasteiger partial charge in [-0.3, -0.25) is 19.3 Å². The average molecular weight is 351 g/mol. The molecule has 0 unspecified atom stereocenters. The Morgan fingerprint density at radius 1 is 1.00 bits per heavy atom. The Bertz CT molecular complexity index is 849. The van der Waals surface area contributed by atoms with Gasteiger partial charge in [-0.1, -0.05) is 30.3 Å². The van der Waals surface area contributed by atoms with Gasteiger partial charge in [-0.25, -0.2) is 0 Å². The van der Waals surface area contributed by atoms with E-state index < -0.39 is 0 Å². The van der Waals surface area contributed by atoms with E-state index in [2.05, 4.69) is 0 Å². The van der Waals surface area contributed by atoms with E-state index >= 15 is 0 Å². The third-order valence-electron chi connectivity index (χ3n) is 4.54. The van der Waals surface area contributed by atoms with Crippen LogP contribution in [0, 0.1) is 0 Å². The third-order valence-corrected chi connectivity index (χ3v) is 4.54. The molecule has 0 saturated heterocycles. The van der Waals surface area contributed by atoms with Gasteiger partial charge in [0.05, 0.1) is 11.1 Å². The van der Waals surface area contributed by atoms with Gasteiger partial charge in [0.25, 0.3) is 17.7 Å². The lowest BCUT2D eigenvalue weighted by Gasteiger charge is -2.22. The molecule has 3 rings (SSSR count). The normalized spacial score (nSPS) is 13.1. The molecule has 2 aromatic carbocycles. The van der Waals surface area contributed by atoms with Crippen molar-refractivity contribution in [1.82, 2.24) is 9.80 Å². The summed E-state index contributed by atoms with van der Waals surface area (Å²) >= 11 is 0. The van der Waals surface area contributed by atoms with Crippen molar-refractivity contribution in [3.05, 3.63) is 70.8 Å². The Labute approximate surface area is 152 Å². The van der Waals surface area contributed by atoms with Crippen LogP contribution in [-0.2, 0) is 6.42 Å². The fourth-order valence-corrected chi connectivity index (χ4v) is 3.06. The van der Waals surface area contributed by atoms with Crippen LogP contribution in [0.1, 0.15) is 36.6 Å². The van der Waals surface area contributed by atoms with E-state index in [1.165, 1.54) is 13.1 Å². The van der Waals surface area contributed by atoms with Gasteiger partial charge in [-0.05, 0) is 30.2 Å². The molecule has 0 saturated carbocycles. The molecule has 0 aromatic heterocycles. The number of hydrogen-bond acceptors (Lipinski definition) is 4. The van der Waals surface area contributed by atoms with Crippen molar-refractivity contribution in [2.45, 2.75) is 6.42 Å². The molecule has 0 atom stereocenters. The van der Waals surface area contributed by atoms with Gasteiger partial charge in [0.1, 0.15) is 0 Å². The van der Waals surface area contributed by atoms with Crippen molar-refractivity contribution in [3.8, 4) is 0 Å². The zero-order valence-electron chi connectivity index (χ0n) is 14.6. The van der Waals surface area contributed by atoms with E-state index in [0.29, 0.717) is 30.8 Å². The van der Waals surface area contributed by atoms with Crippen molar-refractivity contribution in [1.29, 1.82) is 0 Å². The Hall–Kier alpha value is -2.99. The average Bonchev–Trinajstić information content (AvgIpc) is 2.89. The number of benzene rings is 2. The highest BCUT2D eigenvalue weighted by molar-refractivity contribution is 6.21. The molecule has 26 heavy (non-hydrogen) atoms. The zero-order valence-corrected chi connectivity index (χ0v) is 14.6. The lowest BCUT2D eigenvalue weighted by Crippen LogP contribution is -2.37. The Kier molecular flexibility index (Phi) is 5.14. The number of imide groups is 1.